The smallest absolute Gasteiger partial charge is 0.362 e. The number of ether oxygens (including phenoxy) is 1. The summed E-state index contributed by atoms with van der Waals surface area (Å²) in [5.74, 6) is -0.586. The molecule has 1 amide bonds. The van der Waals surface area contributed by atoms with E-state index in [0.717, 1.165) is 6.42 Å². The second-order valence-corrected chi connectivity index (χ2v) is 6.33. The van der Waals surface area contributed by atoms with Gasteiger partial charge in [0.25, 0.3) is 5.96 Å². The van der Waals surface area contributed by atoms with E-state index < -0.39 is 23.1 Å². The number of carbonyl (C=O) groups excluding carboxylic acids is 2. The number of aliphatic imine (C=N–C) groups is 1. The van der Waals surface area contributed by atoms with Crippen LogP contribution in [0.25, 0.3) is 0 Å². The van der Waals surface area contributed by atoms with Crippen LogP contribution >= 0.6 is 0 Å². The standard InChI is InChI=1S/C15H29N6O5/c1-3-26-14(23)12-9-10(2)6-8-20(12)13(22)11(16)5-4-7-18-15(17)19-21(24)25/h10-12H,3-9,16H2,1-2H3,(H,24,25)(H3,17,18,19)/q+1/t10-,11-,12-/m1/s1. The molecular weight excluding hydrogens is 344 g/mol. The Morgan fingerprint density at radius 3 is 2.81 bits per heavy atom. The number of nitrogens with zero attached hydrogens (tertiary/aromatic N) is 3. The van der Waals surface area contributed by atoms with E-state index in [1.165, 1.54) is 4.90 Å². The molecule has 0 radical (unpaired) electrons. The van der Waals surface area contributed by atoms with Crippen LogP contribution in [-0.2, 0) is 14.3 Å². The fraction of sp³-hybridized carbons (Fsp3) is 0.800. The Morgan fingerprint density at radius 2 is 2.19 bits per heavy atom. The SMILES string of the molecule is CCOC(=O)[C@H]1C[C@H](C)CCN1C(=O)[C@H](N)CCCN=C(N)N[N+](=O)O. The third-order valence-corrected chi connectivity index (χ3v) is 4.19. The highest BCUT2D eigenvalue weighted by molar-refractivity contribution is 5.87. The third-order valence-electron chi connectivity index (χ3n) is 4.19. The lowest BCUT2D eigenvalue weighted by Gasteiger charge is -2.38. The number of nitrogens with two attached hydrogens (primary N) is 2. The van der Waals surface area contributed by atoms with Crippen LogP contribution in [0.3, 0.4) is 0 Å². The predicted octanol–water partition coefficient (Wildman–Crippen LogP) is -0.728. The molecule has 0 saturated carbocycles. The number of nitrogens with one attached hydrogen (secondary N) is 1. The van der Waals surface area contributed by atoms with Gasteiger partial charge in [-0.3, -0.25) is 4.79 Å². The molecule has 148 valence electrons. The van der Waals surface area contributed by atoms with Gasteiger partial charge in [-0.15, -0.1) is 0 Å². The normalized spacial score (nSPS) is 21.8. The van der Waals surface area contributed by atoms with E-state index in [4.69, 9.17) is 21.4 Å². The Bertz CT molecular complexity index is 541. The molecule has 3 atom stereocenters. The lowest BCUT2D eigenvalue weighted by Crippen LogP contribution is -2.55. The minimum absolute atomic E-state index is 0.228. The summed E-state index contributed by atoms with van der Waals surface area (Å²) in [7, 11) is 0. The lowest BCUT2D eigenvalue weighted by molar-refractivity contribution is -0.822. The summed E-state index contributed by atoms with van der Waals surface area (Å²) in [5, 5.41) is 7.85. The molecule has 11 nitrogen and oxygen atoms in total. The molecule has 11 heteroatoms. The average molecular weight is 373 g/mol. The second kappa shape index (κ2) is 10.5. The molecule has 1 rings (SSSR count). The van der Waals surface area contributed by atoms with Crippen molar-refractivity contribution in [2.45, 2.75) is 51.6 Å². The number of hydrazine groups is 1. The molecule has 0 aromatic rings. The van der Waals surface area contributed by atoms with E-state index >= 15 is 0 Å². The van der Waals surface area contributed by atoms with E-state index in [9.17, 15) is 14.5 Å². The zero-order valence-electron chi connectivity index (χ0n) is 15.3. The third kappa shape index (κ3) is 6.82. The second-order valence-electron chi connectivity index (χ2n) is 6.33. The van der Waals surface area contributed by atoms with Crippen molar-refractivity contribution >= 4 is 17.8 Å². The zero-order valence-corrected chi connectivity index (χ0v) is 15.3. The highest BCUT2D eigenvalue weighted by Crippen LogP contribution is 2.24. The number of hydrogen-bond acceptors (Lipinski definition) is 6. The molecule has 0 spiro atoms. The van der Waals surface area contributed by atoms with Crippen LogP contribution in [0.1, 0.15) is 39.5 Å². The number of piperidine rings is 1. The molecule has 0 unspecified atom stereocenters. The Morgan fingerprint density at radius 1 is 1.50 bits per heavy atom. The average Bonchev–Trinajstić information content (AvgIpc) is 2.57. The monoisotopic (exact) mass is 373 g/mol. The van der Waals surface area contributed by atoms with E-state index in [-0.39, 0.29) is 25.0 Å². The molecule has 0 aliphatic carbocycles. The molecular formula is C15H29N6O5+. The Balaban J connectivity index is 2.56. The highest BCUT2D eigenvalue weighted by Gasteiger charge is 2.37. The maximum Gasteiger partial charge on any atom is 0.362 e. The topological polar surface area (TPSA) is 163 Å². The number of rotatable bonds is 8. The molecule has 26 heavy (non-hydrogen) atoms. The summed E-state index contributed by atoms with van der Waals surface area (Å²) in [4.78, 5) is 40.4. The zero-order chi connectivity index (χ0) is 19.7. The van der Waals surface area contributed by atoms with Crippen LogP contribution < -0.4 is 16.9 Å². The van der Waals surface area contributed by atoms with Crippen molar-refractivity contribution in [3.8, 4) is 0 Å². The Kier molecular flexibility index (Phi) is 8.76. The van der Waals surface area contributed by atoms with Crippen LogP contribution in [-0.4, -0.2) is 64.8 Å². The van der Waals surface area contributed by atoms with Gasteiger partial charge in [0.05, 0.1) is 12.6 Å². The quantitative estimate of drug-likeness (QED) is 0.142. The first kappa shape index (κ1) is 21.6. The lowest BCUT2D eigenvalue weighted by atomic mass is 9.91. The van der Waals surface area contributed by atoms with Crippen LogP contribution in [0.5, 0.6) is 0 Å². The van der Waals surface area contributed by atoms with Crippen LogP contribution in [0.15, 0.2) is 4.99 Å². The van der Waals surface area contributed by atoms with E-state index in [1.807, 2.05) is 12.3 Å². The minimum atomic E-state index is -0.765. The molecule has 0 aromatic heterocycles. The molecule has 1 saturated heterocycles. The van der Waals surface area contributed by atoms with Gasteiger partial charge in [0.2, 0.25) is 5.91 Å². The van der Waals surface area contributed by atoms with Gasteiger partial charge >= 0.3 is 11.0 Å². The first-order chi connectivity index (χ1) is 12.3. The van der Waals surface area contributed by atoms with Gasteiger partial charge in [-0.2, -0.15) is 0 Å². The van der Waals surface area contributed by atoms with E-state index in [0.29, 0.717) is 31.7 Å². The fourth-order valence-electron chi connectivity index (χ4n) is 2.85. The van der Waals surface area contributed by atoms with Gasteiger partial charge in [-0.05, 0) is 44.0 Å². The summed E-state index contributed by atoms with van der Waals surface area (Å²) in [6, 6.07) is -1.36. The Hall–Kier alpha value is -2.43. The number of carbonyl (C=O) groups is 2. The molecule has 1 heterocycles. The van der Waals surface area contributed by atoms with Crippen molar-refractivity contribution in [1.82, 2.24) is 10.3 Å². The Labute approximate surface area is 152 Å². The summed E-state index contributed by atoms with van der Waals surface area (Å²) in [6.07, 6.45) is 2.18. The molecule has 6 N–H and O–H groups in total. The fourth-order valence-corrected chi connectivity index (χ4v) is 2.85. The number of hydrogen-bond donors (Lipinski definition) is 4. The molecule has 1 fully saturated rings. The van der Waals surface area contributed by atoms with Gasteiger partial charge in [0.1, 0.15) is 10.9 Å². The van der Waals surface area contributed by atoms with Crippen LogP contribution in [0.4, 0.5) is 0 Å². The molecule has 1 aliphatic heterocycles. The maximum atomic E-state index is 12.6. The van der Waals surface area contributed by atoms with Gasteiger partial charge in [0.15, 0.2) is 0 Å². The van der Waals surface area contributed by atoms with Crippen molar-refractivity contribution < 1.29 is 24.6 Å². The largest absolute Gasteiger partial charge is 0.464 e. The highest BCUT2D eigenvalue weighted by atomic mass is 16.7. The summed E-state index contributed by atoms with van der Waals surface area (Å²) >= 11 is 0. The van der Waals surface area contributed by atoms with Gasteiger partial charge in [0, 0.05) is 13.1 Å². The summed E-state index contributed by atoms with van der Waals surface area (Å²) < 4.78 is 5.08. The van der Waals surface area contributed by atoms with Crippen LogP contribution in [0, 0.1) is 10.8 Å². The van der Waals surface area contributed by atoms with E-state index in [1.54, 1.807) is 6.92 Å². The van der Waals surface area contributed by atoms with Crippen LogP contribution in [0.2, 0.25) is 0 Å². The summed E-state index contributed by atoms with van der Waals surface area (Å²) in [6.45, 7) is 4.74. The van der Waals surface area contributed by atoms with Gasteiger partial charge in [-0.25, -0.2) is 15.0 Å². The maximum absolute atomic E-state index is 12.6. The van der Waals surface area contributed by atoms with Crippen molar-refractivity contribution in [1.29, 1.82) is 0 Å². The summed E-state index contributed by atoms with van der Waals surface area (Å²) in [5.41, 5.74) is 13.2. The number of guanidine groups is 1. The van der Waals surface area contributed by atoms with Gasteiger partial charge in [-0.1, -0.05) is 6.92 Å². The van der Waals surface area contributed by atoms with Gasteiger partial charge < -0.3 is 21.1 Å². The number of amides is 1. The van der Waals surface area contributed by atoms with E-state index in [2.05, 4.69) is 4.99 Å². The molecule has 1 aliphatic rings. The molecule has 0 bridgehead atoms. The first-order valence-corrected chi connectivity index (χ1v) is 8.71. The van der Waals surface area contributed by atoms with Crippen molar-refractivity contribution in [2.24, 2.45) is 22.4 Å². The predicted molar refractivity (Wildman–Crippen MR) is 92.8 cm³/mol. The van der Waals surface area contributed by atoms with Crippen molar-refractivity contribution in [3.63, 3.8) is 0 Å². The minimum Gasteiger partial charge on any atom is -0.464 e. The van der Waals surface area contributed by atoms with Crippen molar-refractivity contribution in [3.05, 3.63) is 4.91 Å². The molecule has 0 aromatic carbocycles. The van der Waals surface area contributed by atoms with Crippen molar-refractivity contribution in [2.75, 3.05) is 19.7 Å². The number of likely N-dealkylation sites (tertiary alicyclic amines) is 1. The number of esters is 1. The first-order valence-electron chi connectivity index (χ1n) is 8.71.